The van der Waals surface area contributed by atoms with Crippen molar-refractivity contribution in [2.24, 2.45) is 11.3 Å². The predicted octanol–water partition coefficient (Wildman–Crippen LogP) is 4.17. The number of hydrogen-bond donors (Lipinski definition) is 1. The van der Waals surface area contributed by atoms with Gasteiger partial charge < -0.3 is 10.5 Å². The van der Waals surface area contributed by atoms with Gasteiger partial charge in [-0.1, -0.05) is 20.8 Å². The van der Waals surface area contributed by atoms with Crippen molar-refractivity contribution in [2.45, 2.75) is 53.1 Å². The van der Waals surface area contributed by atoms with Crippen molar-refractivity contribution in [3.8, 4) is 5.75 Å². The van der Waals surface area contributed by atoms with Crippen LogP contribution in [0, 0.1) is 18.3 Å². The number of nitrogen functional groups attached to an aromatic ring is 1. The van der Waals surface area contributed by atoms with Gasteiger partial charge in [0, 0.05) is 5.69 Å². The van der Waals surface area contributed by atoms with Gasteiger partial charge in [-0.15, -0.1) is 0 Å². The van der Waals surface area contributed by atoms with Crippen LogP contribution in [0.5, 0.6) is 5.75 Å². The van der Waals surface area contributed by atoms with Crippen LogP contribution in [0.1, 0.15) is 45.6 Å². The lowest BCUT2D eigenvalue weighted by Gasteiger charge is -2.38. The highest BCUT2D eigenvalue weighted by Crippen LogP contribution is 2.40. The maximum atomic E-state index is 6.14. The molecule has 2 N–H and O–H groups in total. The summed E-state index contributed by atoms with van der Waals surface area (Å²) in [5.74, 6) is 1.70. The van der Waals surface area contributed by atoms with Crippen molar-refractivity contribution in [2.75, 3.05) is 5.73 Å². The molecule has 1 fully saturated rings. The topological polar surface area (TPSA) is 35.2 Å². The van der Waals surface area contributed by atoms with Gasteiger partial charge in [-0.3, -0.25) is 0 Å². The molecule has 2 atom stereocenters. The zero-order valence-electron chi connectivity index (χ0n) is 12.0. The van der Waals surface area contributed by atoms with Crippen LogP contribution in [-0.2, 0) is 0 Å². The van der Waals surface area contributed by atoms with Crippen LogP contribution in [0.25, 0.3) is 0 Å². The number of rotatable bonds is 2. The smallest absolute Gasteiger partial charge is 0.120 e. The number of aryl methyl sites for hydroxylation is 1. The third-order valence-electron chi connectivity index (χ3n) is 3.89. The van der Waals surface area contributed by atoms with Crippen molar-refractivity contribution < 1.29 is 4.74 Å². The van der Waals surface area contributed by atoms with Crippen LogP contribution in [0.15, 0.2) is 18.2 Å². The zero-order chi connectivity index (χ0) is 13.3. The first-order valence-electron chi connectivity index (χ1n) is 6.88. The zero-order valence-corrected chi connectivity index (χ0v) is 12.0. The van der Waals surface area contributed by atoms with E-state index in [0.29, 0.717) is 11.5 Å². The van der Waals surface area contributed by atoms with E-state index in [9.17, 15) is 0 Å². The summed E-state index contributed by atoms with van der Waals surface area (Å²) in [6.07, 6.45) is 3.94. The molecular formula is C16H25NO. The maximum Gasteiger partial charge on any atom is 0.120 e. The van der Waals surface area contributed by atoms with Crippen molar-refractivity contribution in [1.82, 2.24) is 0 Å². The Morgan fingerprint density at radius 2 is 2.00 bits per heavy atom. The van der Waals surface area contributed by atoms with Gasteiger partial charge in [0.2, 0.25) is 0 Å². The lowest BCUT2D eigenvalue weighted by atomic mass is 9.71. The maximum absolute atomic E-state index is 6.14. The molecule has 2 nitrogen and oxygen atoms in total. The summed E-state index contributed by atoms with van der Waals surface area (Å²) in [4.78, 5) is 0. The van der Waals surface area contributed by atoms with E-state index >= 15 is 0 Å². The first kappa shape index (κ1) is 13.3. The second-order valence-electron chi connectivity index (χ2n) is 6.67. The molecule has 1 aliphatic carbocycles. The molecule has 0 saturated heterocycles. The molecule has 0 heterocycles. The normalized spacial score (nSPS) is 26.9. The molecule has 0 aromatic heterocycles. The van der Waals surface area contributed by atoms with Gasteiger partial charge in [0.1, 0.15) is 5.75 Å². The van der Waals surface area contributed by atoms with E-state index in [0.717, 1.165) is 35.8 Å². The third-order valence-corrected chi connectivity index (χ3v) is 3.89. The summed E-state index contributed by atoms with van der Waals surface area (Å²) in [6.45, 7) is 9.03. The number of nitrogens with two attached hydrogens (primary N) is 1. The van der Waals surface area contributed by atoms with Gasteiger partial charge in [-0.05, 0) is 61.3 Å². The Balaban J connectivity index is 2.06. The summed E-state index contributed by atoms with van der Waals surface area (Å²) in [5.41, 5.74) is 8.15. The Bertz CT molecular complexity index is 425. The Morgan fingerprint density at radius 1 is 1.28 bits per heavy atom. The van der Waals surface area contributed by atoms with Gasteiger partial charge >= 0.3 is 0 Å². The van der Waals surface area contributed by atoms with E-state index < -0.39 is 0 Å². The van der Waals surface area contributed by atoms with Gasteiger partial charge in [0.25, 0.3) is 0 Å². The summed E-state index contributed by atoms with van der Waals surface area (Å²) < 4.78 is 6.14. The molecule has 0 radical (unpaired) electrons. The van der Waals surface area contributed by atoms with E-state index in [1.807, 2.05) is 25.1 Å². The summed E-state index contributed by atoms with van der Waals surface area (Å²) in [5, 5.41) is 0. The fourth-order valence-electron chi connectivity index (χ4n) is 3.26. The van der Waals surface area contributed by atoms with Crippen LogP contribution in [0.3, 0.4) is 0 Å². The molecule has 0 spiro atoms. The van der Waals surface area contributed by atoms with Crippen LogP contribution in [0.4, 0.5) is 5.69 Å². The third kappa shape index (κ3) is 3.18. The predicted molar refractivity (Wildman–Crippen MR) is 76.8 cm³/mol. The molecule has 1 saturated carbocycles. The average molecular weight is 247 g/mol. The lowest BCUT2D eigenvalue weighted by molar-refractivity contribution is 0.0562. The highest BCUT2D eigenvalue weighted by molar-refractivity contribution is 5.49. The number of ether oxygens (including phenoxy) is 1. The van der Waals surface area contributed by atoms with E-state index in [4.69, 9.17) is 10.5 Å². The van der Waals surface area contributed by atoms with Crippen LogP contribution in [0.2, 0.25) is 0 Å². The van der Waals surface area contributed by atoms with E-state index in [2.05, 4.69) is 20.8 Å². The van der Waals surface area contributed by atoms with Crippen molar-refractivity contribution in [3.05, 3.63) is 23.8 Å². The summed E-state index contributed by atoms with van der Waals surface area (Å²) >= 11 is 0. The van der Waals surface area contributed by atoms with E-state index in [-0.39, 0.29) is 0 Å². The summed E-state index contributed by atoms with van der Waals surface area (Å²) in [6, 6.07) is 5.96. The average Bonchev–Trinajstić information content (AvgIpc) is 2.20. The first-order valence-corrected chi connectivity index (χ1v) is 6.88. The molecule has 0 amide bonds. The lowest BCUT2D eigenvalue weighted by Crippen LogP contribution is -2.34. The molecular weight excluding hydrogens is 222 g/mol. The first-order chi connectivity index (χ1) is 8.35. The highest BCUT2D eigenvalue weighted by Gasteiger charge is 2.33. The second-order valence-corrected chi connectivity index (χ2v) is 6.67. The Labute approximate surface area is 111 Å². The van der Waals surface area contributed by atoms with E-state index in [1.165, 1.54) is 6.42 Å². The number of anilines is 1. The van der Waals surface area contributed by atoms with Crippen molar-refractivity contribution in [3.63, 3.8) is 0 Å². The molecule has 1 aromatic rings. The van der Waals surface area contributed by atoms with Crippen molar-refractivity contribution >= 4 is 5.69 Å². The molecule has 1 aliphatic rings. The minimum absolute atomic E-state index is 0.340. The Kier molecular flexibility index (Phi) is 3.56. The SMILES string of the molecule is Cc1cc(OC2CC(C)CC(C)(C)C2)ccc1N. The second kappa shape index (κ2) is 4.83. The molecule has 2 rings (SSSR count). The summed E-state index contributed by atoms with van der Waals surface area (Å²) in [7, 11) is 0. The van der Waals surface area contributed by atoms with E-state index in [1.54, 1.807) is 0 Å². The quantitative estimate of drug-likeness (QED) is 0.796. The molecule has 0 bridgehead atoms. The van der Waals surface area contributed by atoms with Crippen LogP contribution < -0.4 is 10.5 Å². The molecule has 1 aromatic carbocycles. The molecule has 2 heteroatoms. The molecule has 100 valence electrons. The van der Waals surface area contributed by atoms with Crippen molar-refractivity contribution in [1.29, 1.82) is 0 Å². The van der Waals surface area contributed by atoms with Gasteiger partial charge in [0.05, 0.1) is 6.10 Å². The molecule has 0 aliphatic heterocycles. The molecule has 2 unspecified atom stereocenters. The number of benzene rings is 1. The van der Waals surface area contributed by atoms with Crippen LogP contribution in [-0.4, -0.2) is 6.10 Å². The minimum atomic E-state index is 0.340. The van der Waals surface area contributed by atoms with Gasteiger partial charge in [0.15, 0.2) is 0 Å². The fourth-order valence-corrected chi connectivity index (χ4v) is 3.26. The molecule has 18 heavy (non-hydrogen) atoms. The largest absolute Gasteiger partial charge is 0.490 e. The number of hydrogen-bond acceptors (Lipinski definition) is 2. The minimum Gasteiger partial charge on any atom is -0.490 e. The fraction of sp³-hybridized carbons (Fsp3) is 0.625. The Morgan fingerprint density at radius 3 is 2.61 bits per heavy atom. The highest BCUT2D eigenvalue weighted by atomic mass is 16.5. The van der Waals surface area contributed by atoms with Gasteiger partial charge in [-0.25, -0.2) is 0 Å². The monoisotopic (exact) mass is 247 g/mol. The van der Waals surface area contributed by atoms with Crippen LogP contribution >= 0.6 is 0 Å². The Hall–Kier alpha value is -1.18. The van der Waals surface area contributed by atoms with Gasteiger partial charge in [-0.2, -0.15) is 0 Å². The standard InChI is InChI=1S/C16H25NO/c1-11-7-14(10-16(3,4)9-11)18-13-5-6-15(17)12(2)8-13/h5-6,8,11,14H,7,9-10,17H2,1-4H3.